The Bertz CT molecular complexity index is 1440. The van der Waals surface area contributed by atoms with Crippen molar-refractivity contribution in [1.29, 1.82) is 0 Å². The van der Waals surface area contributed by atoms with E-state index in [0.717, 1.165) is 39.7 Å². The molecule has 2 aromatic heterocycles. The molecular weight excluding hydrogens is 542 g/mol. The Morgan fingerprint density at radius 1 is 0.861 bits per heavy atom. The summed E-state index contributed by atoms with van der Waals surface area (Å²) in [6.45, 7) is 8.32. The molecule has 0 atom stereocenters. The number of rotatable bonds is 6. The Kier molecular flexibility index (Phi) is 7.90. The van der Waals surface area contributed by atoms with E-state index in [0.29, 0.717) is 32.3 Å². The van der Waals surface area contributed by atoms with E-state index in [-0.39, 0.29) is 12.4 Å². The monoisotopic (exact) mass is 564 g/mol. The molecule has 6 nitrogen and oxygen atoms in total. The number of nitrogens with one attached hydrogen (secondary N) is 2. The third kappa shape index (κ3) is 5.52. The molecule has 0 aliphatic rings. The summed E-state index contributed by atoms with van der Waals surface area (Å²) in [5.41, 5.74) is 6.07. The van der Waals surface area contributed by atoms with Crippen molar-refractivity contribution in [2.24, 2.45) is 0 Å². The molecule has 0 saturated heterocycles. The van der Waals surface area contributed by atoms with Crippen LogP contribution in [0.25, 0.3) is 0 Å². The highest BCUT2D eigenvalue weighted by molar-refractivity contribution is 7.80. The molecule has 0 aliphatic carbocycles. The maximum absolute atomic E-state index is 14.3. The summed E-state index contributed by atoms with van der Waals surface area (Å²) in [4.78, 5) is 0. The quantitative estimate of drug-likeness (QED) is 0.240. The fraction of sp³-hybridized carbons (Fsp3) is 0.240. The van der Waals surface area contributed by atoms with Gasteiger partial charge in [0.05, 0.1) is 47.2 Å². The smallest absolute Gasteiger partial charge is 0.175 e. The average molecular weight is 566 g/mol. The average Bonchev–Trinajstić information content (AvgIpc) is 3.22. The van der Waals surface area contributed by atoms with Crippen molar-refractivity contribution in [3.63, 3.8) is 0 Å². The molecule has 0 bridgehead atoms. The van der Waals surface area contributed by atoms with Crippen LogP contribution in [0.2, 0.25) is 15.1 Å². The summed E-state index contributed by atoms with van der Waals surface area (Å²) >= 11 is 24.2. The number of aryl methyl sites for hydroxylation is 2. The van der Waals surface area contributed by atoms with Crippen molar-refractivity contribution in [3.8, 4) is 0 Å². The van der Waals surface area contributed by atoms with Gasteiger partial charge in [-0.3, -0.25) is 9.36 Å². The van der Waals surface area contributed by atoms with Crippen molar-refractivity contribution in [2.75, 3.05) is 10.6 Å². The number of anilines is 2. The summed E-state index contributed by atoms with van der Waals surface area (Å²) < 4.78 is 17.9. The molecule has 0 fully saturated rings. The highest BCUT2D eigenvalue weighted by atomic mass is 35.5. The highest BCUT2D eigenvalue weighted by Gasteiger charge is 2.18. The summed E-state index contributed by atoms with van der Waals surface area (Å²) in [6.07, 6.45) is 0. The number of hydrogen-bond acceptors (Lipinski definition) is 3. The van der Waals surface area contributed by atoms with Crippen LogP contribution in [-0.4, -0.2) is 24.7 Å². The first-order valence-corrected chi connectivity index (χ1v) is 12.6. The van der Waals surface area contributed by atoms with Crippen LogP contribution in [0.3, 0.4) is 0 Å². The van der Waals surface area contributed by atoms with Crippen LogP contribution in [0.4, 0.5) is 15.8 Å². The topological polar surface area (TPSA) is 59.7 Å². The summed E-state index contributed by atoms with van der Waals surface area (Å²) in [5, 5.41) is 17.6. The van der Waals surface area contributed by atoms with E-state index >= 15 is 0 Å². The van der Waals surface area contributed by atoms with E-state index < -0.39 is 0 Å². The van der Waals surface area contributed by atoms with E-state index in [2.05, 4.69) is 20.8 Å². The lowest BCUT2D eigenvalue weighted by molar-refractivity contribution is 0.579. The Labute approximate surface area is 229 Å². The van der Waals surface area contributed by atoms with Crippen LogP contribution in [0.5, 0.6) is 0 Å². The molecule has 11 heteroatoms. The first-order chi connectivity index (χ1) is 17.0. The van der Waals surface area contributed by atoms with Gasteiger partial charge in [-0.1, -0.05) is 46.9 Å². The summed E-state index contributed by atoms with van der Waals surface area (Å²) in [5.74, 6) is -0.371. The summed E-state index contributed by atoms with van der Waals surface area (Å²) in [6, 6.07) is 10.0. The molecule has 188 valence electrons. The fourth-order valence-corrected chi connectivity index (χ4v) is 4.86. The van der Waals surface area contributed by atoms with Gasteiger partial charge in [-0.15, -0.1) is 0 Å². The van der Waals surface area contributed by atoms with Crippen LogP contribution in [-0.2, 0) is 13.1 Å². The van der Waals surface area contributed by atoms with Gasteiger partial charge in [-0.25, -0.2) is 4.39 Å². The molecule has 0 aliphatic heterocycles. The molecule has 0 unspecified atom stereocenters. The zero-order chi connectivity index (χ0) is 26.1. The Balaban J connectivity index is 1.50. The van der Waals surface area contributed by atoms with Crippen LogP contribution in [0, 0.1) is 33.5 Å². The number of benzene rings is 2. The van der Waals surface area contributed by atoms with Crippen LogP contribution in [0.15, 0.2) is 36.4 Å². The van der Waals surface area contributed by atoms with Gasteiger partial charge < -0.3 is 10.6 Å². The van der Waals surface area contributed by atoms with Crippen molar-refractivity contribution in [1.82, 2.24) is 19.6 Å². The SMILES string of the molecule is Cc1nn(Cc2ccc(Cl)cc2Cl)c(C)c1NC(=S)Nc1c(C)nn(Cc2c(F)cccc2Cl)c1C. The molecule has 0 amide bonds. The number of aromatic nitrogens is 4. The molecule has 2 aromatic carbocycles. The summed E-state index contributed by atoms with van der Waals surface area (Å²) in [7, 11) is 0. The van der Waals surface area contributed by atoms with Crippen molar-refractivity contribution >= 4 is 63.5 Å². The molecule has 4 rings (SSSR count). The minimum absolute atomic E-state index is 0.207. The van der Waals surface area contributed by atoms with Gasteiger partial charge >= 0.3 is 0 Å². The fourth-order valence-electron chi connectivity index (χ4n) is 3.97. The van der Waals surface area contributed by atoms with E-state index in [1.165, 1.54) is 6.07 Å². The number of thiocarbonyl (C=S) groups is 1. The second-order valence-corrected chi connectivity index (χ2v) is 10.1. The normalized spacial score (nSPS) is 11.1. The Hall–Kier alpha value is -2.65. The number of nitrogens with zero attached hydrogens (tertiary/aromatic N) is 4. The molecule has 36 heavy (non-hydrogen) atoms. The third-order valence-electron chi connectivity index (χ3n) is 5.94. The molecular formula is C25H24Cl3FN6S. The zero-order valence-corrected chi connectivity index (χ0v) is 23.2. The third-order valence-corrected chi connectivity index (χ3v) is 7.09. The standard InChI is InChI=1S/C25H24Cl3FN6S/c1-13-23(15(3)34(32-13)11-17-8-9-18(26)10-21(17)28)30-25(36)31-24-14(2)33-35(16(24)4)12-19-20(27)6-5-7-22(19)29/h5-10H,11-12H2,1-4H3,(H2,30,31,36). The van der Waals surface area contributed by atoms with Gasteiger partial charge in [0.25, 0.3) is 0 Å². The zero-order valence-electron chi connectivity index (χ0n) is 20.1. The molecule has 4 aromatic rings. The lowest BCUT2D eigenvalue weighted by Gasteiger charge is -2.12. The van der Waals surface area contributed by atoms with Crippen molar-refractivity contribution < 1.29 is 4.39 Å². The van der Waals surface area contributed by atoms with Crippen molar-refractivity contribution in [3.05, 3.63) is 91.2 Å². The maximum Gasteiger partial charge on any atom is 0.175 e. The highest BCUT2D eigenvalue weighted by Crippen LogP contribution is 2.27. The van der Waals surface area contributed by atoms with Gasteiger partial charge in [0, 0.05) is 20.6 Å². The van der Waals surface area contributed by atoms with Crippen LogP contribution in [0.1, 0.15) is 33.9 Å². The van der Waals surface area contributed by atoms with E-state index in [1.54, 1.807) is 28.9 Å². The van der Waals surface area contributed by atoms with E-state index in [4.69, 9.17) is 47.0 Å². The van der Waals surface area contributed by atoms with E-state index in [9.17, 15) is 4.39 Å². The van der Waals surface area contributed by atoms with Gasteiger partial charge in [0.2, 0.25) is 0 Å². The number of hydrogen-bond donors (Lipinski definition) is 2. The lowest BCUT2D eigenvalue weighted by Crippen LogP contribution is -2.21. The molecule has 0 saturated carbocycles. The predicted molar refractivity (Wildman–Crippen MR) is 149 cm³/mol. The van der Waals surface area contributed by atoms with Crippen LogP contribution < -0.4 is 10.6 Å². The Morgan fingerprint density at radius 2 is 1.44 bits per heavy atom. The largest absolute Gasteiger partial charge is 0.329 e. The maximum atomic E-state index is 14.3. The second kappa shape index (κ2) is 10.8. The minimum Gasteiger partial charge on any atom is -0.329 e. The first-order valence-electron chi connectivity index (χ1n) is 11.1. The van der Waals surface area contributed by atoms with Gasteiger partial charge in [-0.2, -0.15) is 10.2 Å². The minimum atomic E-state index is -0.371. The van der Waals surface area contributed by atoms with Gasteiger partial charge in [0.15, 0.2) is 5.11 Å². The predicted octanol–water partition coefficient (Wildman–Crippen LogP) is 7.32. The second-order valence-electron chi connectivity index (χ2n) is 8.42. The Morgan fingerprint density at radius 3 is 2.00 bits per heavy atom. The van der Waals surface area contributed by atoms with Gasteiger partial charge in [-0.05, 0) is 69.7 Å². The van der Waals surface area contributed by atoms with Crippen LogP contribution >= 0.6 is 47.0 Å². The first kappa shape index (κ1) is 26.4. The molecule has 2 N–H and O–H groups in total. The lowest BCUT2D eigenvalue weighted by atomic mass is 10.2. The van der Waals surface area contributed by atoms with Crippen molar-refractivity contribution in [2.45, 2.75) is 40.8 Å². The molecule has 2 heterocycles. The van der Waals surface area contributed by atoms with Gasteiger partial charge in [0.1, 0.15) is 5.82 Å². The van der Waals surface area contributed by atoms with E-state index in [1.807, 2.05) is 38.4 Å². The molecule has 0 radical (unpaired) electrons. The molecule has 0 spiro atoms. The number of halogens is 4.